The van der Waals surface area contributed by atoms with Crippen molar-refractivity contribution in [3.8, 4) is 0 Å². The Bertz CT molecular complexity index is 924. The molecule has 9 nitrogen and oxygen atoms in total. The lowest BCUT2D eigenvalue weighted by Gasteiger charge is -2.31. The molecule has 0 aliphatic heterocycles. The molecule has 2 rings (SSSR count). The van der Waals surface area contributed by atoms with E-state index in [9.17, 15) is 14.7 Å². The number of carboxylic acid groups (broad SMARTS) is 1. The van der Waals surface area contributed by atoms with E-state index in [0.717, 1.165) is 24.3 Å². The Kier molecular flexibility index (Phi) is 10.2. The van der Waals surface area contributed by atoms with Crippen molar-refractivity contribution >= 4 is 29.1 Å². The zero-order valence-corrected chi connectivity index (χ0v) is 21.1. The number of hydrogen-bond donors (Lipinski definition) is 3. The van der Waals surface area contributed by atoms with Crippen LogP contribution in [0, 0.1) is 11.8 Å². The van der Waals surface area contributed by atoms with Crippen molar-refractivity contribution in [2.45, 2.75) is 40.0 Å². The number of hydrogen-bond acceptors (Lipinski definition) is 6. The van der Waals surface area contributed by atoms with Crippen LogP contribution in [0.3, 0.4) is 0 Å². The number of urea groups is 1. The average molecular weight is 471 g/mol. The number of carboxylic acids is 1. The van der Waals surface area contributed by atoms with Crippen molar-refractivity contribution in [1.82, 2.24) is 14.9 Å². The van der Waals surface area contributed by atoms with Gasteiger partial charge in [0.1, 0.15) is 6.33 Å². The lowest BCUT2D eigenvalue weighted by molar-refractivity contribution is -0.137. The Morgan fingerprint density at radius 2 is 1.59 bits per heavy atom. The van der Waals surface area contributed by atoms with Crippen molar-refractivity contribution < 1.29 is 14.7 Å². The zero-order chi connectivity index (χ0) is 25.3. The monoisotopic (exact) mass is 470 g/mol. The maximum atomic E-state index is 12.8. The summed E-state index contributed by atoms with van der Waals surface area (Å²) >= 11 is 0. The molecule has 0 saturated carbocycles. The number of aliphatic carboxylic acids is 1. The van der Waals surface area contributed by atoms with Gasteiger partial charge in [0.05, 0.1) is 35.9 Å². The number of benzene rings is 1. The van der Waals surface area contributed by atoms with Crippen molar-refractivity contribution in [2.24, 2.45) is 11.8 Å². The fraction of sp³-hybridized carbons (Fsp3) is 0.520. The molecule has 34 heavy (non-hydrogen) atoms. The molecule has 0 saturated heterocycles. The highest BCUT2D eigenvalue weighted by atomic mass is 16.4. The zero-order valence-electron chi connectivity index (χ0n) is 21.1. The molecule has 1 unspecified atom stereocenters. The summed E-state index contributed by atoms with van der Waals surface area (Å²) in [5.41, 5.74) is 2.90. The molecular formula is C25H38N6O3. The second kappa shape index (κ2) is 12.9. The van der Waals surface area contributed by atoms with E-state index in [1.54, 1.807) is 0 Å². The van der Waals surface area contributed by atoms with Crippen LogP contribution >= 0.6 is 0 Å². The van der Waals surface area contributed by atoms with E-state index in [2.05, 4.69) is 53.2 Å². The number of nitrogens with zero attached hydrogens (tertiary/aromatic N) is 4. The minimum absolute atomic E-state index is 0.00617. The summed E-state index contributed by atoms with van der Waals surface area (Å²) in [6.45, 7) is 10.9. The van der Waals surface area contributed by atoms with Gasteiger partial charge in [-0.05, 0) is 43.6 Å². The Labute approximate surface area is 202 Å². The van der Waals surface area contributed by atoms with Crippen LogP contribution in [0.2, 0.25) is 0 Å². The molecular weight excluding hydrogens is 432 g/mol. The van der Waals surface area contributed by atoms with E-state index in [0.29, 0.717) is 29.8 Å². The number of nitrogens with one attached hydrogen (secondary N) is 2. The maximum absolute atomic E-state index is 12.8. The molecule has 0 aliphatic carbocycles. The maximum Gasteiger partial charge on any atom is 0.323 e. The molecule has 186 valence electrons. The van der Waals surface area contributed by atoms with Crippen LogP contribution < -0.4 is 15.5 Å². The van der Waals surface area contributed by atoms with Gasteiger partial charge in [0, 0.05) is 25.6 Å². The van der Waals surface area contributed by atoms with Gasteiger partial charge >= 0.3 is 12.0 Å². The van der Waals surface area contributed by atoms with Crippen LogP contribution in [-0.4, -0.2) is 65.7 Å². The van der Waals surface area contributed by atoms with Gasteiger partial charge in [-0.2, -0.15) is 0 Å². The van der Waals surface area contributed by atoms with E-state index >= 15 is 0 Å². The minimum atomic E-state index is -0.853. The molecule has 3 N–H and O–H groups in total. The first-order valence-electron chi connectivity index (χ1n) is 11.6. The third-order valence-electron chi connectivity index (χ3n) is 5.08. The number of aromatic nitrogens is 2. The van der Waals surface area contributed by atoms with E-state index in [-0.39, 0.29) is 12.3 Å². The number of likely N-dealkylation sites (N-methyl/N-ethyl adjacent to an activating group) is 1. The molecule has 9 heteroatoms. The van der Waals surface area contributed by atoms with Crippen molar-refractivity contribution in [1.29, 1.82) is 0 Å². The van der Waals surface area contributed by atoms with Gasteiger partial charge in [-0.1, -0.05) is 33.8 Å². The highest BCUT2D eigenvalue weighted by molar-refractivity contribution is 6.01. The highest BCUT2D eigenvalue weighted by Gasteiger charge is 2.21. The SMILES string of the molecule is CC(C)CN(CC(C)C)c1ccc(C(CC(=O)O)CN(C)C)cc1NC(=O)Nc1cncnc1. The Hall–Kier alpha value is -3.20. The van der Waals surface area contributed by atoms with Crippen LogP contribution in [0.4, 0.5) is 21.9 Å². The molecule has 2 amide bonds. The summed E-state index contributed by atoms with van der Waals surface area (Å²) in [5, 5.41) is 15.2. The van der Waals surface area contributed by atoms with E-state index in [4.69, 9.17) is 0 Å². The van der Waals surface area contributed by atoms with Gasteiger partial charge in [-0.25, -0.2) is 14.8 Å². The summed E-state index contributed by atoms with van der Waals surface area (Å²) in [6.07, 6.45) is 4.45. The number of carbonyl (C=O) groups is 2. The highest BCUT2D eigenvalue weighted by Crippen LogP contribution is 2.33. The average Bonchev–Trinajstić information content (AvgIpc) is 2.72. The first-order valence-corrected chi connectivity index (χ1v) is 11.6. The molecule has 1 aromatic heterocycles. The molecule has 0 fully saturated rings. The van der Waals surface area contributed by atoms with Crippen LogP contribution in [-0.2, 0) is 4.79 Å². The van der Waals surface area contributed by atoms with Gasteiger partial charge in [0.2, 0.25) is 0 Å². The topological polar surface area (TPSA) is 111 Å². The first-order chi connectivity index (χ1) is 16.0. The normalized spacial score (nSPS) is 12.1. The number of rotatable bonds is 12. The van der Waals surface area contributed by atoms with E-state index in [1.165, 1.54) is 18.7 Å². The molecule has 2 aromatic rings. The van der Waals surface area contributed by atoms with Gasteiger partial charge in [0.15, 0.2) is 0 Å². The number of anilines is 3. The van der Waals surface area contributed by atoms with Crippen LogP contribution in [0.1, 0.15) is 45.6 Å². The summed E-state index contributed by atoms with van der Waals surface area (Å²) in [7, 11) is 3.84. The van der Waals surface area contributed by atoms with E-state index < -0.39 is 12.0 Å². The molecule has 0 aliphatic rings. The number of amides is 2. The molecule has 1 aromatic carbocycles. The second-order valence-electron chi connectivity index (χ2n) is 9.73. The third-order valence-corrected chi connectivity index (χ3v) is 5.08. The van der Waals surface area contributed by atoms with E-state index in [1.807, 2.05) is 37.2 Å². The fourth-order valence-electron chi connectivity index (χ4n) is 3.92. The van der Waals surface area contributed by atoms with Crippen LogP contribution in [0.15, 0.2) is 36.9 Å². The first kappa shape index (κ1) is 27.0. The predicted octanol–water partition coefficient (Wildman–Crippen LogP) is 4.36. The van der Waals surface area contributed by atoms with Crippen molar-refractivity contribution in [2.75, 3.05) is 49.3 Å². The Balaban J connectivity index is 2.46. The molecule has 0 bridgehead atoms. The predicted molar refractivity (Wildman–Crippen MR) is 137 cm³/mol. The summed E-state index contributed by atoms with van der Waals surface area (Å²) < 4.78 is 0. The smallest absolute Gasteiger partial charge is 0.323 e. The number of carbonyl (C=O) groups excluding carboxylic acids is 1. The largest absolute Gasteiger partial charge is 0.481 e. The van der Waals surface area contributed by atoms with Gasteiger partial charge < -0.3 is 25.5 Å². The van der Waals surface area contributed by atoms with Crippen molar-refractivity contribution in [3.63, 3.8) is 0 Å². The lowest BCUT2D eigenvalue weighted by Crippen LogP contribution is -2.32. The fourth-order valence-corrected chi connectivity index (χ4v) is 3.92. The quantitative estimate of drug-likeness (QED) is 0.423. The summed E-state index contributed by atoms with van der Waals surface area (Å²) in [5.74, 6) is -0.213. The standard InChI is InChI=1S/C25H38N6O3/c1-17(2)13-31(14-18(3)4)23-8-7-19(20(10-24(32)33)15-30(5)6)9-22(23)29-25(34)28-21-11-26-16-27-12-21/h7-9,11-12,16-18,20H,10,13-15H2,1-6H3,(H,32,33)(H2,28,29,34). The molecule has 1 atom stereocenters. The van der Waals surface area contributed by atoms with Crippen molar-refractivity contribution in [3.05, 3.63) is 42.5 Å². The molecule has 1 heterocycles. The third kappa shape index (κ3) is 8.97. The van der Waals surface area contributed by atoms with Crippen LogP contribution in [0.5, 0.6) is 0 Å². The van der Waals surface area contributed by atoms with Gasteiger partial charge in [0.25, 0.3) is 0 Å². The van der Waals surface area contributed by atoms with Gasteiger partial charge in [-0.3, -0.25) is 4.79 Å². The lowest BCUT2D eigenvalue weighted by atomic mass is 9.94. The van der Waals surface area contributed by atoms with Crippen LogP contribution in [0.25, 0.3) is 0 Å². The summed E-state index contributed by atoms with van der Waals surface area (Å²) in [4.78, 5) is 36.5. The summed E-state index contributed by atoms with van der Waals surface area (Å²) in [6, 6.07) is 5.46. The van der Waals surface area contributed by atoms with Gasteiger partial charge in [-0.15, -0.1) is 0 Å². The molecule has 0 spiro atoms. The second-order valence-corrected chi connectivity index (χ2v) is 9.73. The Morgan fingerprint density at radius 3 is 2.12 bits per heavy atom. The Morgan fingerprint density at radius 1 is 0.971 bits per heavy atom. The minimum Gasteiger partial charge on any atom is -0.481 e. The molecule has 0 radical (unpaired) electrons.